The summed E-state index contributed by atoms with van der Waals surface area (Å²) in [5, 5.41) is 14.5. The van der Waals surface area contributed by atoms with Crippen molar-refractivity contribution in [1.82, 2.24) is 10.6 Å². The quantitative estimate of drug-likeness (QED) is 0.313. The van der Waals surface area contributed by atoms with E-state index in [4.69, 9.17) is 9.84 Å². The van der Waals surface area contributed by atoms with Gasteiger partial charge in [-0.1, -0.05) is 26.0 Å². The van der Waals surface area contributed by atoms with Gasteiger partial charge in [-0.25, -0.2) is 0 Å². The lowest BCUT2D eigenvalue weighted by molar-refractivity contribution is -0.145. The molecule has 0 aliphatic heterocycles. The zero-order valence-corrected chi connectivity index (χ0v) is 16.7. The first kappa shape index (κ1) is 24.8. The van der Waals surface area contributed by atoms with Crippen molar-refractivity contribution in [2.75, 3.05) is 13.2 Å². The maximum absolute atomic E-state index is 12.6. The van der Waals surface area contributed by atoms with Gasteiger partial charge in [0.05, 0.1) is 18.6 Å². The summed E-state index contributed by atoms with van der Waals surface area (Å²) in [7, 11) is 0. The van der Waals surface area contributed by atoms with Gasteiger partial charge in [0.1, 0.15) is 6.61 Å². The van der Waals surface area contributed by atoms with Crippen molar-refractivity contribution in [3.8, 4) is 0 Å². The molecule has 0 spiro atoms. The lowest BCUT2D eigenvalue weighted by atomic mass is 9.97. The largest absolute Gasteiger partial charge is 0.463 e. The van der Waals surface area contributed by atoms with Crippen molar-refractivity contribution in [3.63, 3.8) is 0 Å². The summed E-state index contributed by atoms with van der Waals surface area (Å²) in [5.74, 6) is -1.47. The average Bonchev–Trinajstić information content (AvgIpc) is 2.62. The van der Waals surface area contributed by atoms with Crippen molar-refractivity contribution < 1.29 is 24.2 Å². The van der Waals surface area contributed by atoms with E-state index in [1.807, 2.05) is 13.8 Å². The van der Waals surface area contributed by atoms with E-state index in [1.165, 1.54) is 0 Å². The number of rotatable bonds is 14. The van der Waals surface area contributed by atoms with E-state index < -0.39 is 5.92 Å². The summed E-state index contributed by atoms with van der Waals surface area (Å²) in [6.45, 7) is 12.6. The Kier molecular flexibility index (Phi) is 12.9. The van der Waals surface area contributed by atoms with Crippen molar-refractivity contribution in [1.29, 1.82) is 0 Å². The van der Waals surface area contributed by atoms with Gasteiger partial charge in [-0.3, -0.25) is 14.4 Å². The minimum Gasteiger partial charge on any atom is -0.463 e. The van der Waals surface area contributed by atoms with E-state index in [-0.39, 0.29) is 61.8 Å². The summed E-state index contributed by atoms with van der Waals surface area (Å²) in [5.41, 5.74) is 0. The molecule has 2 amide bonds. The highest BCUT2D eigenvalue weighted by Gasteiger charge is 2.25. The van der Waals surface area contributed by atoms with Crippen LogP contribution in [0.25, 0.3) is 0 Å². The second-order valence-electron chi connectivity index (χ2n) is 6.95. The Hall–Kier alpha value is -2.15. The molecular weight excluding hydrogens is 348 g/mol. The number of ether oxygens (including phenoxy) is 1. The molecule has 7 heteroatoms. The Labute approximate surface area is 162 Å². The summed E-state index contributed by atoms with van der Waals surface area (Å²) in [6, 6.07) is -0.722. The molecule has 0 aromatic heterocycles. The Bertz CT molecular complexity index is 505. The second kappa shape index (κ2) is 14.0. The fraction of sp³-hybridized carbons (Fsp3) is 0.650. The minimum absolute atomic E-state index is 0.00781. The molecule has 7 nitrogen and oxygen atoms in total. The van der Waals surface area contributed by atoms with Crippen LogP contribution in [0.4, 0.5) is 0 Å². The first-order chi connectivity index (χ1) is 12.7. The summed E-state index contributed by atoms with van der Waals surface area (Å²) in [6.07, 6.45) is 4.37. The van der Waals surface area contributed by atoms with Gasteiger partial charge in [-0.15, -0.1) is 13.2 Å². The fourth-order valence-electron chi connectivity index (χ4n) is 2.26. The smallest absolute Gasteiger partial charge is 0.306 e. The van der Waals surface area contributed by atoms with Gasteiger partial charge in [0, 0.05) is 18.9 Å². The highest BCUT2D eigenvalue weighted by Crippen LogP contribution is 2.12. The monoisotopic (exact) mass is 382 g/mol. The number of amides is 2. The van der Waals surface area contributed by atoms with Crippen LogP contribution in [0, 0.1) is 11.8 Å². The average molecular weight is 383 g/mol. The molecule has 3 unspecified atom stereocenters. The van der Waals surface area contributed by atoms with Gasteiger partial charge in [-0.2, -0.15) is 0 Å². The fourth-order valence-corrected chi connectivity index (χ4v) is 2.26. The Balaban J connectivity index is 4.77. The number of hydrogen-bond donors (Lipinski definition) is 3. The van der Waals surface area contributed by atoms with Crippen molar-refractivity contribution >= 4 is 17.8 Å². The van der Waals surface area contributed by atoms with Crippen LogP contribution in [0.1, 0.15) is 46.5 Å². The summed E-state index contributed by atoms with van der Waals surface area (Å²) < 4.78 is 5.23. The van der Waals surface area contributed by atoms with Crippen LogP contribution >= 0.6 is 0 Å². The maximum Gasteiger partial charge on any atom is 0.306 e. The zero-order valence-electron chi connectivity index (χ0n) is 16.7. The molecule has 0 saturated carbocycles. The predicted octanol–water partition coefficient (Wildman–Crippen LogP) is 1.72. The molecule has 0 aliphatic rings. The molecule has 0 heterocycles. The molecule has 0 radical (unpaired) electrons. The lowest BCUT2D eigenvalue weighted by Crippen LogP contribution is -2.46. The third-order valence-corrected chi connectivity index (χ3v) is 4.04. The molecule has 3 atom stereocenters. The van der Waals surface area contributed by atoms with Crippen LogP contribution in [0.15, 0.2) is 25.3 Å². The third-order valence-electron chi connectivity index (χ3n) is 4.04. The van der Waals surface area contributed by atoms with Crippen LogP contribution < -0.4 is 10.6 Å². The SMILES string of the molecule is C=CCCC(=O)OCC(NC(=O)C(CC=C)CC(=O)NC(C)CO)C(C)C. The van der Waals surface area contributed by atoms with Crippen molar-refractivity contribution in [2.45, 2.75) is 58.5 Å². The van der Waals surface area contributed by atoms with Crippen molar-refractivity contribution in [2.24, 2.45) is 11.8 Å². The standard InChI is InChI=1S/C20H34N2O5/c1-6-8-10-19(25)27-13-17(14(3)4)22-20(26)16(9-7-2)11-18(24)21-15(5)12-23/h6-7,14-17,23H,1-2,8-13H2,3-5H3,(H,21,24)(H,22,26). The Morgan fingerprint density at radius 1 is 1.11 bits per heavy atom. The molecule has 0 aromatic rings. The van der Waals surface area contributed by atoms with E-state index in [0.717, 1.165) is 0 Å². The summed E-state index contributed by atoms with van der Waals surface area (Å²) >= 11 is 0. The van der Waals surface area contributed by atoms with E-state index in [2.05, 4.69) is 23.8 Å². The molecule has 3 N–H and O–H groups in total. The first-order valence-electron chi connectivity index (χ1n) is 9.33. The van der Waals surface area contributed by atoms with Crippen molar-refractivity contribution in [3.05, 3.63) is 25.3 Å². The highest BCUT2D eigenvalue weighted by atomic mass is 16.5. The Morgan fingerprint density at radius 2 is 1.78 bits per heavy atom. The van der Waals surface area contributed by atoms with Gasteiger partial charge >= 0.3 is 5.97 Å². The van der Waals surface area contributed by atoms with E-state index in [1.54, 1.807) is 19.1 Å². The zero-order chi connectivity index (χ0) is 20.8. The highest BCUT2D eigenvalue weighted by molar-refractivity contribution is 5.86. The predicted molar refractivity (Wildman–Crippen MR) is 105 cm³/mol. The number of carbonyl (C=O) groups excluding carboxylic acids is 3. The van der Waals surface area contributed by atoms with E-state index >= 15 is 0 Å². The topological polar surface area (TPSA) is 105 Å². The molecule has 0 bridgehead atoms. The van der Waals surface area contributed by atoms with Gasteiger partial charge in [0.15, 0.2) is 0 Å². The van der Waals surface area contributed by atoms with Gasteiger partial charge in [-0.05, 0) is 25.7 Å². The number of esters is 1. The summed E-state index contributed by atoms with van der Waals surface area (Å²) in [4.78, 5) is 36.3. The number of aliphatic hydroxyl groups excluding tert-OH is 1. The maximum atomic E-state index is 12.6. The number of aliphatic hydroxyl groups is 1. The van der Waals surface area contributed by atoms with Crippen LogP contribution in [0.5, 0.6) is 0 Å². The van der Waals surface area contributed by atoms with E-state index in [9.17, 15) is 14.4 Å². The lowest BCUT2D eigenvalue weighted by Gasteiger charge is -2.25. The molecule has 0 aliphatic carbocycles. The molecule has 0 rings (SSSR count). The molecule has 27 heavy (non-hydrogen) atoms. The Morgan fingerprint density at radius 3 is 2.30 bits per heavy atom. The number of carbonyl (C=O) groups is 3. The molecule has 0 fully saturated rings. The number of allylic oxidation sites excluding steroid dienone is 2. The third kappa shape index (κ3) is 11.2. The minimum atomic E-state index is -0.578. The molecule has 0 aromatic carbocycles. The van der Waals surface area contributed by atoms with Gasteiger partial charge in [0.25, 0.3) is 0 Å². The molecular formula is C20H34N2O5. The van der Waals surface area contributed by atoms with Gasteiger partial charge < -0.3 is 20.5 Å². The van der Waals surface area contributed by atoms with Crippen LogP contribution in [0.3, 0.4) is 0 Å². The number of hydrogen-bond acceptors (Lipinski definition) is 5. The molecule has 154 valence electrons. The first-order valence-corrected chi connectivity index (χ1v) is 9.33. The molecule has 0 saturated heterocycles. The van der Waals surface area contributed by atoms with E-state index in [0.29, 0.717) is 12.8 Å². The normalized spacial score (nSPS) is 14.0. The number of nitrogens with one attached hydrogen (secondary N) is 2. The van der Waals surface area contributed by atoms with Crippen LogP contribution in [-0.2, 0) is 19.1 Å². The van der Waals surface area contributed by atoms with Crippen LogP contribution in [0.2, 0.25) is 0 Å². The second-order valence-corrected chi connectivity index (χ2v) is 6.95. The van der Waals surface area contributed by atoms with Gasteiger partial charge in [0.2, 0.25) is 11.8 Å². The van der Waals surface area contributed by atoms with Crippen LogP contribution in [-0.4, -0.2) is 48.2 Å².